The minimum absolute atomic E-state index is 0.0277. The molecular formula is C12H21N3O2S. The van der Waals surface area contributed by atoms with Gasteiger partial charge in [-0.1, -0.05) is 6.92 Å². The summed E-state index contributed by atoms with van der Waals surface area (Å²) >= 11 is 0. The fourth-order valence-electron chi connectivity index (χ4n) is 1.86. The van der Waals surface area contributed by atoms with E-state index in [2.05, 4.69) is 10.4 Å². The fourth-order valence-corrected chi connectivity index (χ4v) is 2.75. The van der Waals surface area contributed by atoms with Gasteiger partial charge in [-0.2, -0.15) is 0 Å². The summed E-state index contributed by atoms with van der Waals surface area (Å²) in [5.41, 5.74) is 4.87. The van der Waals surface area contributed by atoms with Gasteiger partial charge < -0.3 is 0 Å². The van der Waals surface area contributed by atoms with E-state index >= 15 is 0 Å². The van der Waals surface area contributed by atoms with E-state index in [0.29, 0.717) is 12.8 Å². The molecule has 0 bridgehead atoms. The molecule has 1 unspecified atom stereocenters. The van der Waals surface area contributed by atoms with Crippen LogP contribution in [0, 0.1) is 6.92 Å². The molecule has 5 nitrogen and oxygen atoms in total. The lowest BCUT2D eigenvalue weighted by Crippen LogP contribution is -2.29. The molecule has 0 radical (unpaired) electrons. The zero-order chi connectivity index (χ0) is 13.6. The minimum atomic E-state index is -2.90. The highest BCUT2D eigenvalue weighted by molar-refractivity contribution is 7.91. The SMILES string of the molecule is CCS(=O)(=O)CCCC(NN)c1ccncc1C. The van der Waals surface area contributed by atoms with E-state index in [1.807, 2.05) is 13.0 Å². The van der Waals surface area contributed by atoms with E-state index in [-0.39, 0.29) is 17.5 Å². The van der Waals surface area contributed by atoms with Crippen LogP contribution in [0.15, 0.2) is 18.5 Å². The molecule has 102 valence electrons. The van der Waals surface area contributed by atoms with Crippen molar-refractivity contribution in [2.24, 2.45) is 5.84 Å². The quantitative estimate of drug-likeness (QED) is 0.573. The average molecular weight is 271 g/mol. The summed E-state index contributed by atoms with van der Waals surface area (Å²) in [4.78, 5) is 4.03. The van der Waals surface area contributed by atoms with Crippen LogP contribution in [0.4, 0.5) is 0 Å². The molecule has 1 atom stereocenters. The molecule has 0 aromatic carbocycles. The number of aromatic nitrogens is 1. The maximum atomic E-state index is 11.4. The molecule has 1 rings (SSSR count). The Labute approximate surface area is 109 Å². The van der Waals surface area contributed by atoms with Gasteiger partial charge in [0.05, 0.1) is 5.75 Å². The number of pyridine rings is 1. The maximum absolute atomic E-state index is 11.4. The molecule has 0 fully saturated rings. The summed E-state index contributed by atoms with van der Waals surface area (Å²) in [6, 6.07) is 1.88. The van der Waals surface area contributed by atoms with Crippen LogP contribution in [0.2, 0.25) is 0 Å². The van der Waals surface area contributed by atoms with Crippen LogP contribution in [0.1, 0.15) is 36.9 Å². The van der Waals surface area contributed by atoms with Gasteiger partial charge >= 0.3 is 0 Å². The second kappa shape index (κ2) is 6.82. The third-order valence-electron chi connectivity index (χ3n) is 3.03. The van der Waals surface area contributed by atoms with Gasteiger partial charge in [-0.3, -0.25) is 16.3 Å². The normalized spacial score (nSPS) is 13.5. The Morgan fingerprint density at radius 2 is 2.22 bits per heavy atom. The molecule has 0 aliphatic rings. The number of hydrazine groups is 1. The summed E-state index contributed by atoms with van der Waals surface area (Å²) in [5, 5.41) is 0. The van der Waals surface area contributed by atoms with Crippen LogP contribution in [0.25, 0.3) is 0 Å². The van der Waals surface area contributed by atoms with Crippen LogP contribution < -0.4 is 11.3 Å². The van der Waals surface area contributed by atoms with E-state index in [1.165, 1.54) is 0 Å². The molecule has 1 aromatic heterocycles. The third kappa shape index (κ3) is 4.36. The summed E-state index contributed by atoms with van der Waals surface area (Å²) in [7, 11) is -2.90. The monoisotopic (exact) mass is 271 g/mol. The van der Waals surface area contributed by atoms with Crippen molar-refractivity contribution in [2.45, 2.75) is 32.7 Å². The fraction of sp³-hybridized carbons (Fsp3) is 0.583. The largest absolute Gasteiger partial charge is 0.271 e. The van der Waals surface area contributed by atoms with Gasteiger partial charge in [0.15, 0.2) is 0 Å². The predicted molar refractivity (Wildman–Crippen MR) is 72.6 cm³/mol. The molecule has 6 heteroatoms. The van der Waals surface area contributed by atoms with Crippen molar-refractivity contribution in [1.82, 2.24) is 10.4 Å². The number of hydrogen-bond acceptors (Lipinski definition) is 5. The zero-order valence-corrected chi connectivity index (χ0v) is 11.7. The average Bonchev–Trinajstić information content (AvgIpc) is 2.36. The van der Waals surface area contributed by atoms with Crippen LogP contribution in [0.5, 0.6) is 0 Å². The molecule has 1 aromatic rings. The second-order valence-corrected chi connectivity index (χ2v) is 6.80. The molecule has 0 amide bonds. The molecule has 0 aliphatic heterocycles. The first-order valence-electron chi connectivity index (χ1n) is 6.07. The number of nitrogens with zero attached hydrogens (tertiary/aromatic N) is 1. The van der Waals surface area contributed by atoms with Gasteiger partial charge in [-0.25, -0.2) is 8.42 Å². The summed E-state index contributed by atoms with van der Waals surface area (Å²) in [6.07, 6.45) is 4.80. The molecular weight excluding hydrogens is 250 g/mol. The Morgan fingerprint density at radius 1 is 1.50 bits per heavy atom. The van der Waals surface area contributed by atoms with Crippen molar-refractivity contribution >= 4 is 9.84 Å². The topological polar surface area (TPSA) is 85.1 Å². The van der Waals surface area contributed by atoms with Crippen molar-refractivity contribution in [1.29, 1.82) is 0 Å². The number of nitrogens with one attached hydrogen (secondary N) is 1. The third-order valence-corrected chi connectivity index (χ3v) is 4.82. The van der Waals surface area contributed by atoms with Gasteiger partial charge in [0.2, 0.25) is 0 Å². The van der Waals surface area contributed by atoms with E-state index in [9.17, 15) is 8.42 Å². The van der Waals surface area contributed by atoms with E-state index in [0.717, 1.165) is 11.1 Å². The van der Waals surface area contributed by atoms with Crippen molar-refractivity contribution in [2.75, 3.05) is 11.5 Å². The maximum Gasteiger partial charge on any atom is 0.150 e. The lowest BCUT2D eigenvalue weighted by atomic mass is 10.0. The Hall–Kier alpha value is -0.980. The van der Waals surface area contributed by atoms with Gasteiger partial charge in [0.25, 0.3) is 0 Å². The molecule has 0 spiro atoms. The first kappa shape index (κ1) is 15.1. The van der Waals surface area contributed by atoms with E-state index < -0.39 is 9.84 Å². The van der Waals surface area contributed by atoms with Crippen LogP contribution in [0.3, 0.4) is 0 Å². The van der Waals surface area contributed by atoms with Crippen LogP contribution in [-0.2, 0) is 9.84 Å². The van der Waals surface area contributed by atoms with Gasteiger partial charge in [0.1, 0.15) is 9.84 Å². The van der Waals surface area contributed by atoms with Crippen molar-refractivity contribution < 1.29 is 8.42 Å². The van der Waals surface area contributed by atoms with E-state index in [1.54, 1.807) is 19.3 Å². The number of hydrogen-bond donors (Lipinski definition) is 2. The highest BCUT2D eigenvalue weighted by Gasteiger charge is 2.14. The Kier molecular flexibility index (Phi) is 5.71. The molecule has 1 heterocycles. The number of aryl methyl sites for hydroxylation is 1. The predicted octanol–water partition coefficient (Wildman–Crippen LogP) is 1.11. The molecule has 0 saturated carbocycles. The van der Waals surface area contributed by atoms with Crippen molar-refractivity contribution in [3.8, 4) is 0 Å². The number of nitrogens with two attached hydrogens (primary N) is 1. The first-order valence-corrected chi connectivity index (χ1v) is 7.89. The second-order valence-electron chi connectivity index (χ2n) is 4.33. The van der Waals surface area contributed by atoms with E-state index in [4.69, 9.17) is 5.84 Å². The molecule has 18 heavy (non-hydrogen) atoms. The molecule has 3 N–H and O–H groups in total. The molecule has 0 aliphatic carbocycles. The Bertz CT molecular complexity index is 474. The highest BCUT2D eigenvalue weighted by Crippen LogP contribution is 2.20. The summed E-state index contributed by atoms with van der Waals surface area (Å²) in [5.74, 6) is 5.95. The lowest BCUT2D eigenvalue weighted by Gasteiger charge is -2.18. The standard InChI is InChI=1S/C12H21N3O2S/c1-3-18(16,17)8-4-5-12(15-13)11-6-7-14-9-10(11)2/h6-7,9,12,15H,3-5,8,13H2,1-2H3. The lowest BCUT2D eigenvalue weighted by molar-refractivity contribution is 0.505. The van der Waals surface area contributed by atoms with Gasteiger partial charge in [0, 0.05) is 24.2 Å². The van der Waals surface area contributed by atoms with Crippen LogP contribution in [-0.4, -0.2) is 24.9 Å². The highest BCUT2D eigenvalue weighted by atomic mass is 32.2. The van der Waals surface area contributed by atoms with Crippen molar-refractivity contribution in [3.63, 3.8) is 0 Å². The van der Waals surface area contributed by atoms with Crippen molar-refractivity contribution in [3.05, 3.63) is 29.6 Å². The van der Waals surface area contributed by atoms with Gasteiger partial charge in [-0.15, -0.1) is 0 Å². The number of sulfone groups is 1. The summed E-state index contributed by atoms with van der Waals surface area (Å²) in [6.45, 7) is 3.64. The van der Waals surface area contributed by atoms with Gasteiger partial charge in [-0.05, 0) is 37.0 Å². The smallest absolute Gasteiger partial charge is 0.150 e. The number of rotatable bonds is 7. The molecule has 0 saturated heterocycles. The first-order chi connectivity index (χ1) is 8.50. The van der Waals surface area contributed by atoms with Crippen LogP contribution >= 0.6 is 0 Å². The zero-order valence-electron chi connectivity index (χ0n) is 10.9. The Morgan fingerprint density at radius 3 is 2.78 bits per heavy atom. The Balaban J connectivity index is 2.61. The minimum Gasteiger partial charge on any atom is -0.271 e. The summed E-state index contributed by atoms with van der Waals surface area (Å²) < 4.78 is 22.8.